The third-order valence-electron chi connectivity index (χ3n) is 8.00. The number of benzene rings is 1. The van der Waals surface area contributed by atoms with Crippen molar-refractivity contribution in [1.29, 1.82) is 0 Å². The number of ether oxygens (including phenoxy) is 19. The zero-order chi connectivity index (χ0) is 44.9. The molecule has 0 aliphatic heterocycles. The molecule has 19 heteroatoms. The van der Waals surface area contributed by atoms with Crippen LogP contribution in [-0.2, 0) is 96.6 Å². The lowest BCUT2D eigenvalue weighted by Crippen LogP contribution is -2.28. The van der Waals surface area contributed by atoms with Crippen LogP contribution in [0.1, 0.15) is 5.56 Å². The van der Waals surface area contributed by atoms with Gasteiger partial charge in [-0.15, -0.1) is 0 Å². The molecule has 19 nitrogen and oxygen atoms in total. The van der Waals surface area contributed by atoms with E-state index in [1.807, 2.05) is 30.3 Å². The molecule has 0 amide bonds. The van der Waals surface area contributed by atoms with Gasteiger partial charge >= 0.3 is 0 Å². The summed E-state index contributed by atoms with van der Waals surface area (Å²) in [5, 5.41) is 0. The third-order valence-corrected chi connectivity index (χ3v) is 8.00. The zero-order valence-electron chi connectivity index (χ0n) is 38.5. The Bertz CT molecular complexity index is 973. The summed E-state index contributed by atoms with van der Waals surface area (Å²) < 4.78 is 105. The molecule has 0 bridgehead atoms. The zero-order valence-corrected chi connectivity index (χ0v) is 38.5. The minimum atomic E-state index is -0.251. The predicted molar refractivity (Wildman–Crippen MR) is 232 cm³/mol. The molecule has 0 aliphatic rings. The summed E-state index contributed by atoms with van der Waals surface area (Å²) >= 11 is 0. The Morgan fingerprint density at radius 1 is 0.270 bits per heavy atom. The Morgan fingerprint density at radius 3 is 0.794 bits per heavy atom. The Labute approximate surface area is 376 Å². The first-order valence-electron chi connectivity index (χ1n) is 22.2. The van der Waals surface area contributed by atoms with Crippen LogP contribution in [0.15, 0.2) is 30.3 Å². The van der Waals surface area contributed by atoms with E-state index in [0.29, 0.717) is 231 Å². The van der Waals surface area contributed by atoms with Crippen molar-refractivity contribution < 1.29 is 90.0 Å². The lowest BCUT2D eigenvalue weighted by atomic mass is 10.2. The molecule has 1 atom stereocenters. The van der Waals surface area contributed by atoms with Gasteiger partial charge in [-0.1, -0.05) is 30.3 Å². The third kappa shape index (κ3) is 48.2. The van der Waals surface area contributed by atoms with Gasteiger partial charge in [-0.3, -0.25) is 0 Å². The number of hydrogen-bond acceptors (Lipinski definition) is 19. The quantitative estimate of drug-likeness (QED) is 0.0869. The second-order valence-corrected chi connectivity index (χ2v) is 13.1. The molecule has 0 saturated heterocycles. The van der Waals surface area contributed by atoms with Crippen molar-refractivity contribution in [3.05, 3.63) is 35.9 Å². The summed E-state index contributed by atoms with van der Waals surface area (Å²) in [5.74, 6) is 0. The van der Waals surface area contributed by atoms with Crippen LogP contribution in [-0.4, -0.2) is 245 Å². The molecule has 0 spiro atoms. The lowest BCUT2D eigenvalue weighted by molar-refractivity contribution is -0.0847. The van der Waals surface area contributed by atoms with Gasteiger partial charge in [0.1, 0.15) is 6.10 Å². The lowest BCUT2D eigenvalue weighted by Gasteiger charge is -2.18. The van der Waals surface area contributed by atoms with Gasteiger partial charge in [0.15, 0.2) is 0 Å². The maximum atomic E-state index is 6.02. The average Bonchev–Trinajstić information content (AvgIpc) is 3.30. The van der Waals surface area contributed by atoms with Gasteiger partial charge in [-0.2, -0.15) is 0 Å². The Kier molecular flexibility index (Phi) is 50.1. The molecule has 0 N–H and O–H groups in total. The first-order chi connectivity index (χ1) is 31.4. The smallest absolute Gasteiger partial charge is 0.104 e. The molecule has 0 aromatic heterocycles. The highest BCUT2D eigenvalue weighted by molar-refractivity contribution is 5.13. The molecule has 0 fully saturated rings. The monoisotopic (exact) mass is 915 g/mol. The minimum absolute atomic E-state index is 0.251. The normalized spacial score (nSPS) is 12.2. The van der Waals surface area contributed by atoms with Crippen molar-refractivity contribution in [2.75, 3.05) is 239 Å². The van der Waals surface area contributed by atoms with Gasteiger partial charge < -0.3 is 90.0 Å². The summed E-state index contributed by atoms with van der Waals surface area (Å²) in [6.45, 7) is 17.3. The summed E-state index contributed by atoms with van der Waals surface area (Å²) in [5.41, 5.74) is 1.10. The molecule has 372 valence electrons. The van der Waals surface area contributed by atoms with Crippen LogP contribution in [0.2, 0.25) is 0 Å². The van der Waals surface area contributed by atoms with Crippen molar-refractivity contribution in [2.45, 2.75) is 12.7 Å². The average molecular weight is 915 g/mol. The highest BCUT2D eigenvalue weighted by Crippen LogP contribution is 2.03. The second-order valence-electron chi connectivity index (χ2n) is 13.1. The summed E-state index contributed by atoms with van der Waals surface area (Å²) in [6.07, 6.45) is -0.251. The Balaban J connectivity index is 1.92. The Hall–Kier alpha value is -1.54. The molecular formula is C44H82O19. The second kappa shape index (κ2) is 53.1. The fourth-order valence-corrected chi connectivity index (χ4v) is 4.76. The van der Waals surface area contributed by atoms with E-state index in [0.717, 1.165) is 5.56 Å². The highest BCUT2D eigenvalue weighted by atomic mass is 16.6. The molecule has 0 heterocycles. The van der Waals surface area contributed by atoms with Crippen LogP contribution in [0.5, 0.6) is 0 Å². The van der Waals surface area contributed by atoms with E-state index >= 15 is 0 Å². The van der Waals surface area contributed by atoms with E-state index in [2.05, 4.69) is 0 Å². The van der Waals surface area contributed by atoms with Crippen LogP contribution in [0.4, 0.5) is 0 Å². The van der Waals surface area contributed by atoms with E-state index < -0.39 is 0 Å². The fraction of sp³-hybridized carbons (Fsp3) is 0.864. The summed E-state index contributed by atoms with van der Waals surface area (Å²) in [4.78, 5) is 0. The number of methoxy groups -OCH3 is 2. The van der Waals surface area contributed by atoms with Gasteiger partial charge in [0, 0.05) is 14.2 Å². The fourth-order valence-electron chi connectivity index (χ4n) is 4.76. The van der Waals surface area contributed by atoms with Crippen molar-refractivity contribution in [2.24, 2.45) is 0 Å². The summed E-state index contributed by atoms with van der Waals surface area (Å²) in [6, 6.07) is 10.0. The standard InChI is InChI=1S/C44H82O19/c1-45-8-10-47-12-14-49-16-18-51-20-22-53-24-25-55-28-29-57-32-33-59-36-37-61-41-44(42-62-40-43-6-4-3-5-7-43)63-39-38-60-35-34-58-31-30-56-27-26-54-23-21-52-19-17-50-15-13-48-11-9-46-2/h3-7,44H,8-42H2,1-2H3. The summed E-state index contributed by atoms with van der Waals surface area (Å²) in [7, 11) is 3.29. The van der Waals surface area contributed by atoms with Gasteiger partial charge in [0.05, 0.1) is 231 Å². The number of rotatable bonds is 55. The van der Waals surface area contributed by atoms with Crippen LogP contribution in [0.3, 0.4) is 0 Å². The van der Waals surface area contributed by atoms with Crippen molar-refractivity contribution in [1.82, 2.24) is 0 Å². The van der Waals surface area contributed by atoms with Crippen LogP contribution in [0.25, 0.3) is 0 Å². The molecule has 1 rings (SSSR count). The van der Waals surface area contributed by atoms with Crippen molar-refractivity contribution >= 4 is 0 Å². The molecule has 1 unspecified atom stereocenters. The van der Waals surface area contributed by atoms with E-state index in [9.17, 15) is 0 Å². The molecular weight excluding hydrogens is 832 g/mol. The van der Waals surface area contributed by atoms with Gasteiger partial charge in [-0.05, 0) is 5.56 Å². The maximum Gasteiger partial charge on any atom is 0.104 e. The predicted octanol–water partition coefficient (Wildman–Crippen LogP) is 2.13. The molecule has 0 saturated carbocycles. The van der Waals surface area contributed by atoms with E-state index in [1.165, 1.54) is 0 Å². The number of hydrogen-bond donors (Lipinski definition) is 0. The van der Waals surface area contributed by atoms with Gasteiger partial charge in [0.2, 0.25) is 0 Å². The van der Waals surface area contributed by atoms with Crippen molar-refractivity contribution in [3.63, 3.8) is 0 Å². The largest absolute Gasteiger partial charge is 0.382 e. The van der Waals surface area contributed by atoms with E-state index in [1.54, 1.807) is 14.2 Å². The maximum absolute atomic E-state index is 6.02. The van der Waals surface area contributed by atoms with Crippen molar-refractivity contribution in [3.8, 4) is 0 Å². The topological polar surface area (TPSA) is 175 Å². The first kappa shape index (κ1) is 59.5. The molecule has 63 heavy (non-hydrogen) atoms. The van der Waals surface area contributed by atoms with Crippen LogP contribution < -0.4 is 0 Å². The van der Waals surface area contributed by atoms with Crippen LogP contribution in [0, 0.1) is 0 Å². The molecule has 1 aromatic rings. The van der Waals surface area contributed by atoms with E-state index in [-0.39, 0.29) is 6.10 Å². The molecule has 0 aliphatic carbocycles. The van der Waals surface area contributed by atoms with E-state index in [4.69, 9.17) is 90.0 Å². The van der Waals surface area contributed by atoms with Crippen LogP contribution >= 0.6 is 0 Å². The molecule has 1 aromatic carbocycles. The molecule has 0 radical (unpaired) electrons. The van der Waals surface area contributed by atoms with Gasteiger partial charge in [0.25, 0.3) is 0 Å². The Morgan fingerprint density at radius 2 is 0.508 bits per heavy atom. The minimum Gasteiger partial charge on any atom is -0.382 e. The first-order valence-corrected chi connectivity index (χ1v) is 22.2. The SMILES string of the molecule is COCCOCCOCCOCCOCCOCCOCCOCCOCC(COCc1ccccc1)OCCOCCOCCOCCOCCOCCOCCOCCOC. The van der Waals surface area contributed by atoms with Gasteiger partial charge in [-0.25, -0.2) is 0 Å². The highest BCUT2D eigenvalue weighted by Gasteiger charge is 2.11.